The summed E-state index contributed by atoms with van der Waals surface area (Å²) in [6, 6.07) is 0. The standard InChI is InChI=1S/C19H28O3/c1-11-6-5-7-16-18(22-16)17(21)14-9-8-12(2)19(4,13(14)3)10-15(11)20/h6,9,12-13,15-16,18,20H,5,7-8,10H2,1-4H3/b11-6+/t12-,13-,15+,16+,18-,19-/m1/s1. The predicted octanol–water partition coefficient (Wildman–Crippen LogP) is 3.42. The molecule has 2 bridgehead atoms. The molecule has 22 heavy (non-hydrogen) atoms. The number of hydrogen-bond donors (Lipinski definition) is 1. The second-order valence-electron chi connectivity index (χ2n) is 7.73. The number of ketones is 1. The maximum Gasteiger partial charge on any atom is 0.190 e. The highest BCUT2D eigenvalue weighted by atomic mass is 16.6. The first kappa shape index (κ1) is 15.9. The largest absolute Gasteiger partial charge is 0.389 e. The van der Waals surface area contributed by atoms with Crippen molar-refractivity contribution in [3.05, 3.63) is 23.3 Å². The fourth-order valence-electron chi connectivity index (χ4n) is 4.17. The van der Waals surface area contributed by atoms with Crippen LogP contribution in [0.15, 0.2) is 23.3 Å². The van der Waals surface area contributed by atoms with E-state index < -0.39 is 6.10 Å². The highest BCUT2D eigenvalue weighted by molar-refractivity contribution is 6.01. The van der Waals surface area contributed by atoms with Gasteiger partial charge in [-0.05, 0) is 61.0 Å². The van der Waals surface area contributed by atoms with Crippen LogP contribution in [0.2, 0.25) is 0 Å². The van der Waals surface area contributed by atoms with Gasteiger partial charge < -0.3 is 9.84 Å². The van der Waals surface area contributed by atoms with Crippen LogP contribution in [0, 0.1) is 17.3 Å². The maximum absolute atomic E-state index is 12.7. The van der Waals surface area contributed by atoms with Gasteiger partial charge in [-0.1, -0.05) is 32.9 Å². The van der Waals surface area contributed by atoms with E-state index in [1.807, 2.05) is 6.92 Å². The number of aliphatic hydroxyl groups is 1. The van der Waals surface area contributed by atoms with Crippen LogP contribution in [0.3, 0.4) is 0 Å². The van der Waals surface area contributed by atoms with E-state index in [4.69, 9.17) is 4.74 Å². The third-order valence-corrected chi connectivity index (χ3v) is 6.47. The third-order valence-electron chi connectivity index (χ3n) is 6.47. The van der Waals surface area contributed by atoms with Gasteiger partial charge in [0.25, 0.3) is 0 Å². The molecule has 3 heteroatoms. The lowest BCUT2D eigenvalue weighted by atomic mass is 9.59. The van der Waals surface area contributed by atoms with Gasteiger partial charge in [0.2, 0.25) is 0 Å². The zero-order chi connectivity index (χ0) is 16.1. The van der Waals surface area contributed by atoms with Crippen molar-refractivity contribution >= 4 is 5.78 Å². The topological polar surface area (TPSA) is 49.8 Å². The van der Waals surface area contributed by atoms with Gasteiger partial charge in [-0.3, -0.25) is 4.79 Å². The van der Waals surface area contributed by atoms with E-state index >= 15 is 0 Å². The molecular formula is C19H28O3. The average Bonchev–Trinajstić information content (AvgIpc) is 3.23. The summed E-state index contributed by atoms with van der Waals surface area (Å²) in [5, 5.41) is 10.6. The molecule has 122 valence electrons. The van der Waals surface area contributed by atoms with Crippen molar-refractivity contribution in [2.24, 2.45) is 17.3 Å². The molecule has 6 atom stereocenters. The molecule has 1 heterocycles. The molecule has 0 amide bonds. The maximum atomic E-state index is 12.7. The molecule has 0 radical (unpaired) electrons. The monoisotopic (exact) mass is 304 g/mol. The zero-order valence-corrected chi connectivity index (χ0v) is 14.1. The van der Waals surface area contributed by atoms with Gasteiger partial charge in [0, 0.05) is 0 Å². The molecule has 1 fully saturated rings. The van der Waals surface area contributed by atoms with Crippen molar-refractivity contribution in [2.75, 3.05) is 0 Å². The second kappa shape index (κ2) is 5.61. The summed E-state index contributed by atoms with van der Waals surface area (Å²) in [5.41, 5.74) is 1.93. The Hall–Kier alpha value is -0.930. The summed E-state index contributed by atoms with van der Waals surface area (Å²) in [4.78, 5) is 12.7. The van der Waals surface area contributed by atoms with E-state index in [0.29, 0.717) is 5.92 Å². The third kappa shape index (κ3) is 2.59. The average molecular weight is 304 g/mol. The van der Waals surface area contributed by atoms with Crippen molar-refractivity contribution in [1.29, 1.82) is 0 Å². The minimum atomic E-state index is -0.417. The molecule has 0 spiro atoms. The molecule has 1 aliphatic heterocycles. The van der Waals surface area contributed by atoms with E-state index in [-0.39, 0.29) is 29.3 Å². The normalized spacial score (nSPS) is 48.2. The van der Waals surface area contributed by atoms with Crippen LogP contribution in [-0.2, 0) is 9.53 Å². The molecule has 3 rings (SSSR count). The van der Waals surface area contributed by atoms with Crippen molar-refractivity contribution in [1.82, 2.24) is 0 Å². The van der Waals surface area contributed by atoms with E-state index in [9.17, 15) is 9.90 Å². The number of epoxide rings is 1. The summed E-state index contributed by atoms with van der Waals surface area (Å²) in [5.74, 6) is 0.808. The number of allylic oxidation sites excluding steroid dienone is 2. The summed E-state index contributed by atoms with van der Waals surface area (Å²) in [6.07, 6.45) is 7.06. The lowest BCUT2D eigenvalue weighted by molar-refractivity contribution is -0.118. The molecule has 0 aromatic heterocycles. The van der Waals surface area contributed by atoms with Crippen molar-refractivity contribution in [3.8, 4) is 0 Å². The Balaban J connectivity index is 1.97. The fourth-order valence-corrected chi connectivity index (χ4v) is 4.17. The van der Waals surface area contributed by atoms with Gasteiger partial charge in [0.05, 0.1) is 12.2 Å². The fraction of sp³-hybridized carbons (Fsp3) is 0.737. The smallest absolute Gasteiger partial charge is 0.190 e. The SMILES string of the molecule is C/C1=C\CC[C@@H]2O[C@H]2C(=O)C2=CC[C@@H](C)[C@@](C)(C[C@@H]1O)[C@@H]2C. The molecule has 0 aromatic rings. The van der Waals surface area contributed by atoms with Crippen molar-refractivity contribution in [2.45, 2.75) is 71.7 Å². The summed E-state index contributed by atoms with van der Waals surface area (Å²) in [7, 11) is 0. The number of rotatable bonds is 0. The van der Waals surface area contributed by atoms with Crippen LogP contribution in [0.5, 0.6) is 0 Å². The number of aliphatic hydroxyl groups excluding tert-OH is 1. The van der Waals surface area contributed by atoms with E-state index in [1.54, 1.807) is 0 Å². The Kier molecular flexibility index (Phi) is 4.07. The Morgan fingerprint density at radius 3 is 2.77 bits per heavy atom. The van der Waals surface area contributed by atoms with Crippen molar-refractivity contribution < 1.29 is 14.6 Å². The van der Waals surface area contributed by atoms with Gasteiger partial charge in [-0.25, -0.2) is 0 Å². The predicted molar refractivity (Wildman–Crippen MR) is 86.4 cm³/mol. The minimum Gasteiger partial charge on any atom is -0.389 e. The van der Waals surface area contributed by atoms with E-state index in [1.165, 1.54) is 0 Å². The summed E-state index contributed by atoms with van der Waals surface area (Å²) >= 11 is 0. The Morgan fingerprint density at radius 2 is 2.05 bits per heavy atom. The molecule has 2 aliphatic carbocycles. The molecule has 0 unspecified atom stereocenters. The summed E-state index contributed by atoms with van der Waals surface area (Å²) in [6.45, 7) is 8.64. The first-order valence-electron chi connectivity index (χ1n) is 8.59. The quantitative estimate of drug-likeness (QED) is 0.551. The minimum absolute atomic E-state index is 0.0577. The number of ether oxygens (including phenoxy) is 1. The van der Waals surface area contributed by atoms with Crippen LogP contribution in [0.1, 0.15) is 53.4 Å². The van der Waals surface area contributed by atoms with Gasteiger partial charge in [0.15, 0.2) is 5.78 Å². The Morgan fingerprint density at radius 1 is 1.32 bits per heavy atom. The molecular weight excluding hydrogens is 276 g/mol. The second-order valence-corrected chi connectivity index (χ2v) is 7.73. The number of Topliss-reactive ketones (excluding diaryl/α,β-unsaturated/α-hetero) is 1. The number of hydrogen-bond acceptors (Lipinski definition) is 3. The number of fused-ring (bicyclic) bond motifs is 3. The van der Waals surface area contributed by atoms with Gasteiger partial charge in [-0.15, -0.1) is 0 Å². The van der Waals surface area contributed by atoms with Crippen LogP contribution in [0.4, 0.5) is 0 Å². The van der Waals surface area contributed by atoms with Crippen molar-refractivity contribution in [3.63, 3.8) is 0 Å². The van der Waals surface area contributed by atoms with E-state index in [2.05, 4.69) is 32.9 Å². The molecule has 0 saturated carbocycles. The summed E-state index contributed by atoms with van der Waals surface area (Å²) < 4.78 is 5.62. The lowest BCUT2D eigenvalue weighted by Crippen LogP contribution is -2.41. The van der Waals surface area contributed by atoms with Gasteiger partial charge >= 0.3 is 0 Å². The highest BCUT2D eigenvalue weighted by Gasteiger charge is 2.50. The highest BCUT2D eigenvalue weighted by Crippen LogP contribution is 2.50. The Labute approximate surface area is 133 Å². The molecule has 0 aromatic carbocycles. The molecule has 3 nitrogen and oxygen atoms in total. The number of carbonyl (C=O) groups excluding carboxylic acids is 1. The van der Waals surface area contributed by atoms with E-state index in [0.717, 1.165) is 36.8 Å². The van der Waals surface area contributed by atoms with Crippen LogP contribution in [-0.4, -0.2) is 29.2 Å². The molecule has 1 saturated heterocycles. The first-order valence-corrected chi connectivity index (χ1v) is 8.59. The molecule has 3 aliphatic rings. The molecule has 1 N–H and O–H groups in total. The van der Waals surface area contributed by atoms with Crippen LogP contribution in [0.25, 0.3) is 0 Å². The van der Waals surface area contributed by atoms with Gasteiger partial charge in [-0.2, -0.15) is 0 Å². The zero-order valence-electron chi connectivity index (χ0n) is 14.1. The first-order chi connectivity index (χ1) is 10.3. The van der Waals surface area contributed by atoms with Crippen LogP contribution >= 0.6 is 0 Å². The van der Waals surface area contributed by atoms with Gasteiger partial charge in [0.1, 0.15) is 6.10 Å². The lowest BCUT2D eigenvalue weighted by Gasteiger charge is -2.46. The number of carbonyl (C=O) groups is 1. The van der Waals surface area contributed by atoms with Crippen LogP contribution < -0.4 is 0 Å². The Bertz CT molecular complexity index is 533.